The number of ether oxygens (including phenoxy) is 1. The maximum absolute atomic E-state index is 13.0. The van der Waals surface area contributed by atoms with Gasteiger partial charge in [-0.3, -0.25) is 4.79 Å². The summed E-state index contributed by atoms with van der Waals surface area (Å²) in [6.45, 7) is 9.87. The summed E-state index contributed by atoms with van der Waals surface area (Å²) in [5, 5.41) is 0.508. The Kier molecular flexibility index (Phi) is 6.93. The molecule has 0 saturated carbocycles. The molecule has 1 aromatic rings. The fourth-order valence-corrected chi connectivity index (χ4v) is 4.19. The summed E-state index contributed by atoms with van der Waals surface area (Å²) in [6.07, 6.45) is 3.82. The van der Waals surface area contributed by atoms with Crippen molar-refractivity contribution in [2.45, 2.75) is 52.1 Å². The van der Waals surface area contributed by atoms with Crippen LogP contribution in [0.25, 0.3) is 0 Å². The van der Waals surface area contributed by atoms with E-state index < -0.39 is 5.60 Å². The third-order valence-corrected chi connectivity index (χ3v) is 5.74. The van der Waals surface area contributed by atoms with Gasteiger partial charge in [-0.25, -0.2) is 4.79 Å². The molecule has 2 saturated heterocycles. The van der Waals surface area contributed by atoms with Crippen molar-refractivity contribution in [1.29, 1.82) is 0 Å². The molecule has 0 unspecified atom stereocenters. The minimum Gasteiger partial charge on any atom is -0.444 e. The summed E-state index contributed by atoms with van der Waals surface area (Å²) < 4.78 is 5.51. The highest BCUT2D eigenvalue weighted by atomic mass is 35.5. The largest absolute Gasteiger partial charge is 0.444 e. The van der Waals surface area contributed by atoms with Crippen molar-refractivity contribution >= 4 is 29.3 Å². The smallest absolute Gasteiger partial charge is 0.410 e. The van der Waals surface area contributed by atoms with Gasteiger partial charge in [-0.05, 0) is 58.6 Å². The fourth-order valence-electron chi connectivity index (χ4n) is 3.86. The second kappa shape index (κ2) is 9.24. The SMILES string of the molecule is CC(C)(C)OC(=O)N1CCCN(c2cccc(C(=O)N3CCCCC3)c2Cl)CC1. The number of likely N-dealkylation sites (tertiary alicyclic amines) is 1. The van der Waals surface area contributed by atoms with E-state index in [1.165, 1.54) is 6.42 Å². The highest BCUT2D eigenvalue weighted by molar-refractivity contribution is 6.36. The van der Waals surface area contributed by atoms with Gasteiger partial charge in [0.25, 0.3) is 5.91 Å². The molecule has 2 aliphatic rings. The van der Waals surface area contributed by atoms with Gasteiger partial charge in [0.05, 0.1) is 16.3 Å². The summed E-state index contributed by atoms with van der Waals surface area (Å²) in [6, 6.07) is 5.67. The maximum atomic E-state index is 13.0. The number of piperidine rings is 1. The molecule has 0 radical (unpaired) electrons. The van der Waals surface area contributed by atoms with E-state index in [2.05, 4.69) is 4.90 Å². The standard InChI is InChI=1S/C22H32ClN3O3/c1-22(2,3)29-21(28)26-14-8-13-24(15-16-26)18-10-7-9-17(19(18)23)20(27)25-11-5-4-6-12-25/h7,9-10H,4-6,8,11-16H2,1-3H3. The minimum absolute atomic E-state index is 0.0155. The summed E-state index contributed by atoms with van der Waals surface area (Å²) in [5.74, 6) is 0.0155. The molecule has 160 valence electrons. The lowest BCUT2D eigenvalue weighted by Crippen LogP contribution is -2.39. The summed E-state index contributed by atoms with van der Waals surface area (Å²) in [4.78, 5) is 31.2. The van der Waals surface area contributed by atoms with Gasteiger partial charge in [0.1, 0.15) is 5.60 Å². The first-order valence-corrected chi connectivity index (χ1v) is 10.9. The maximum Gasteiger partial charge on any atom is 0.410 e. The van der Waals surface area contributed by atoms with Crippen molar-refractivity contribution in [3.8, 4) is 0 Å². The quantitative estimate of drug-likeness (QED) is 0.709. The molecule has 0 aliphatic carbocycles. The molecule has 1 aromatic carbocycles. The van der Waals surface area contributed by atoms with Crippen LogP contribution < -0.4 is 4.90 Å². The van der Waals surface area contributed by atoms with Gasteiger partial charge in [-0.1, -0.05) is 17.7 Å². The van der Waals surface area contributed by atoms with Crippen molar-refractivity contribution in [3.63, 3.8) is 0 Å². The van der Waals surface area contributed by atoms with Gasteiger partial charge in [0.15, 0.2) is 0 Å². The second-order valence-corrected chi connectivity index (χ2v) is 9.18. The van der Waals surface area contributed by atoms with Crippen molar-refractivity contribution in [1.82, 2.24) is 9.80 Å². The first-order valence-electron chi connectivity index (χ1n) is 10.6. The summed E-state index contributed by atoms with van der Waals surface area (Å²) >= 11 is 6.70. The van der Waals surface area contributed by atoms with E-state index in [0.717, 1.165) is 44.6 Å². The molecule has 7 heteroatoms. The molecule has 2 amide bonds. The van der Waals surface area contributed by atoms with Crippen LogP contribution in [0.5, 0.6) is 0 Å². The molecule has 2 aliphatic heterocycles. The zero-order valence-electron chi connectivity index (χ0n) is 17.7. The van der Waals surface area contributed by atoms with Crippen LogP contribution in [0.4, 0.5) is 10.5 Å². The van der Waals surface area contributed by atoms with E-state index in [1.54, 1.807) is 4.90 Å². The first kappa shape index (κ1) is 21.8. The van der Waals surface area contributed by atoms with Crippen molar-refractivity contribution in [2.75, 3.05) is 44.2 Å². The Morgan fingerprint density at radius 3 is 2.28 bits per heavy atom. The Morgan fingerprint density at radius 1 is 0.897 bits per heavy atom. The molecule has 29 heavy (non-hydrogen) atoms. The Bertz CT molecular complexity index is 741. The van der Waals surface area contributed by atoms with Crippen LogP contribution in [0, 0.1) is 0 Å². The molecule has 0 atom stereocenters. The Balaban J connectivity index is 1.71. The lowest BCUT2D eigenvalue weighted by molar-refractivity contribution is 0.0263. The molecular weight excluding hydrogens is 390 g/mol. The molecule has 0 aromatic heterocycles. The Labute approximate surface area is 178 Å². The predicted octanol–water partition coefficient (Wildman–Crippen LogP) is 4.41. The topological polar surface area (TPSA) is 53.1 Å². The van der Waals surface area contributed by atoms with E-state index in [0.29, 0.717) is 30.2 Å². The fraction of sp³-hybridized carbons (Fsp3) is 0.636. The molecule has 2 heterocycles. The molecular formula is C22H32ClN3O3. The average Bonchev–Trinajstić information content (AvgIpc) is 2.93. The number of rotatable bonds is 2. The van der Waals surface area contributed by atoms with Crippen LogP contribution in [0.1, 0.15) is 56.8 Å². The van der Waals surface area contributed by atoms with Crippen molar-refractivity contribution in [3.05, 3.63) is 28.8 Å². The van der Waals surface area contributed by atoms with Crippen LogP contribution in [-0.2, 0) is 4.74 Å². The number of halogens is 1. The molecule has 0 spiro atoms. The third-order valence-electron chi connectivity index (χ3n) is 5.34. The lowest BCUT2D eigenvalue weighted by atomic mass is 10.1. The van der Waals surface area contributed by atoms with E-state index in [9.17, 15) is 9.59 Å². The predicted molar refractivity (Wildman–Crippen MR) is 116 cm³/mol. The normalized spacial score (nSPS) is 18.4. The zero-order chi connectivity index (χ0) is 21.0. The molecule has 3 rings (SSSR count). The van der Waals surface area contributed by atoms with Crippen molar-refractivity contribution in [2.24, 2.45) is 0 Å². The van der Waals surface area contributed by atoms with E-state index in [1.807, 2.05) is 43.9 Å². The summed E-state index contributed by atoms with van der Waals surface area (Å²) in [7, 11) is 0. The number of benzene rings is 1. The third kappa shape index (κ3) is 5.56. The second-order valence-electron chi connectivity index (χ2n) is 8.80. The number of carbonyl (C=O) groups excluding carboxylic acids is 2. The van der Waals surface area contributed by atoms with Crippen molar-refractivity contribution < 1.29 is 14.3 Å². The van der Waals surface area contributed by atoms with Gasteiger partial charge in [0.2, 0.25) is 0 Å². The van der Waals surface area contributed by atoms with Gasteiger partial charge >= 0.3 is 6.09 Å². The lowest BCUT2D eigenvalue weighted by Gasteiger charge is -2.29. The van der Waals surface area contributed by atoms with Crippen LogP contribution in [0.15, 0.2) is 18.2 Å². The van der Waals surface area contributed by atoms with Crippen LogP contribution in [-0.4, -0.2) is 66.7 Å². The number of nitrogens with zero attached hydrogens (tertiary/aromatic N) is 3. The number of amides is 2. The Hall–Kier alpha value is -1.95. The zero-order valence-corrected chi connectivity index (χ0v) is 18.5. The number of hydrogen-bond donors (Lipinski definition) is 0. The monoisotopic (exact) mass is 421 g/mol. The number of anilines is 1. The van der Waals surface area contributed by atoms with Crippen LogP contribution in [0.3, 0.4) is 0 Å². The molecule has 0 N–H and O–H groups in total. The first-order chi connectivity index (χ1) is 13.8. The van der Waals surface area contributed by atoms with Gasteiger partial charge in [-0.2, -0.15) is 0 Å². The van der Waals surface area contributed by atoms with E-state index in [-0.39, 0.29) is 12.0 Å². The van der Waals surface area contributed by atoms with Gasteiger partial charge in [-0.15, -0.1) is 0 Å². The molecule has 6 nitrogen and oxygen atoms in total. The van der Waals surface area contributed by atoms with Gasteiger partial charge in [0, 0.05) is 39.3 Å². The van der Waals surface area contributed by atoms with E-state index in [4.69, 9.17) is 16.3 Å². The van der Waals surface area contributed by atoms with E-state index >= 15 is 0 Å². The molecule has 2 fully saturated rings. The van der Waals surface area contributed by atoms with Gasteiger partial charge < -0.3 is 19.4 Å². The minimum atomic E-state index is -0.504. The number of hydrogen-bond acceptors (Lipinski definition) is 4. The highest BCUT2D eigenvalue weighted by Crippen LogP contribution is 2.31. The average molecular weight is 422 g/mol. The van der Waals surface area contributed by atoms with Crippen LogP contribution in [0.2, 0.25) is 5.02 Å². The number of carbonyl (C=O) groups is 2. The Morgan fingerprint density at radius 2 is 1.59 bits per heavy atom. The molecule has 0 bridgehead atoms. The van der Waals surface area contributed by atoms with Crippen LogP contribution >= 0.6 is 11.6 Å². The highest BCUT2D eigenvalue weighted by Gasteiger charge is 2.27. The summed E-state index contributed by atoms with van der Waals surface area (Å²) in [5.41, 5.74) is 0.926.